The van der Waals surface area contributed by atoms with Crippen LogP contribution in [0.2, 0.25) is 0 Å². The number of nitrogens with two attached hydrogens (primary N) is 1. The van der Waals surface area contributed by atoms with Crippen LogP contribution in [0.15, 0.2) is 17.0 Å². The first kappa shape index (κ1) is 11.5. The van der Waals surface area contributed by atoms with Gasteiger partial charge >= 0.3 is 0 Å². The molecule has 0 spiro atoms. The normalized spacial score (nSPS) is 10.6. The Kier molecular flexibility index (Phi) is 4.35. The van der Waals surface area contributed by atoms with Gasteiger partial charge < -0.3 is 5.73 Å². The molecule has 0 fully saturated rings. The first-order valence-electron chi connectivity index (χ1n) is 4.41. The van der Waals surface area contributed by atoms with Crippen molar-refractivity contribution in [2.24, 2.45) is 5.73 Å². The predicted molar refractivity (Wildman–Crippen MR) is 55.5 cm³/mol. The van der Waals surface area contributed by atoms with Crippen LogP contribution in [0, 0.1) is 11.6 Å². The second-order valence-corrected chi connectivity index (χ2v) is 3.82. The number of hydrogen-bond donors (Lipinski definition) is 1. The van der Waals surface area contributed by atoms with Crippen molar-refractivity contribution in [2.45, 2.75) is 17.7 Å². The third-order valence-electron chi connectivity index (χ3n) is 1.95. The summed E-state index contributed by atoms with van der Waals surface area (Å²) in [5.74, 6) is -0.699. The molecule has 0 radical (unpaired) electrons. The van der Waals surface area contributed by atoms with Gasteiger partial charge in [0.15, 0.2) is 0 Å². The lowest BCUT2D eigenvalue weighted by Gasteiger charge is -2.06. The largest absolute Gasteiger partial charge is 0.330 e. The minimum absolute atomic E-state index is 0.313. The van der Waals surface area contributed by atoms with Crippen molar-refractivity contribution in [3.05, 3.63) is 29.3 Å². The summed E-state index contributed by atoms with van der Waals surface area (Å²) < 4.78 is 26.6. The highest BCUT2D eigenvalue weighted by Crippen LogP contribution is 2.24. The van der Waals surface area contributed by atoms with Gasteiger partial charge in [0.05, 0.1) is 0 Å². The van der Waals surface area contributed by atoms with Crippen LogP contribution >= 0.6 is 11.8 Å². The molecule has 1 aromatic carbocycles. The van der Waals surface area contributed by atoms with E-state index in [1.807, 2.05) is 0 Å². The Morgan fingerprint density at radius 2 is 2.07 bits per heavy atom. The van der Waals surface area contributed by atoms with Gasteiger partial charge in [-0.25, -0.2) is 8.78 Å². The van der Waals surface area contributed by atoms with E-state index in [9.17, 15) is 8.78 Å². The zero-order valence-corrected chi connectivity index (χ0v) is 8.83. The van der Waals surface area contributed by atoms with Crippen LogP contribution in [0.4, 0.5) is 8.78 Å². The van der Waals surface area contributed by atoms with Crippen LogP contribution in [0.1, 0.15) is 12.0 Å². The highest BCUT2D eigenvalue weighted by Gasteiger charge is 2.09. The molecule has 0 bridgehead atoms. The molecule has 0 amide bonds. The third kappa shape index (κ3) is 2.69. The van der Waals surface area contributed by atoms with E-state index in [1.165, 1.54) is 23.9 Å². The van der Waals surface area contributed by atoms with E-state index in [1.54, 1.807) is 6.26 Å². The van der Waals surface area contributed by atoms with Crippen LogP contribution in [-0.2, 0) is 6.42 Å². The van der Waals surface area contributed by atoms with Gasteiger partial charge in [-0.3, -0.25) is 0 Å². The molecule has 2 N–H and O–H groups in total. The molecule has 4 heteroatoms. The summed E-state index contributed by atoms with van der Waals surface area (Å²) in [6.07, 6.45) is 2.90. The summed E-state index contributed by atoms with van der Waals surface area (Å²) in [5.41, 5.74) is 5.73. The Hall–Kier alpha value is -0.610. The van der Waals surface area contributed by atoms with Crippen molar-refractivity contribution in [2.75, 3.05) is 12.8 Å². The van der Waals surface area contributed by atoms with Gasteiger partial charge in [-0.05, 0) is 43.3 Å². The van der Waals surface area contributed by atoms with Crippen molar-refractivity contribution in [1.29, 1.82) is 0 Å². The van der Waals surface area contributed by atoms with Gasteiger partial charge in [-0.2, -0.15) is 0 Å². The molecular formula is C10H13F2NS. The molecule has 0 atom stereocenters. The number of hydrogen-bond acceptors (Lipinski definition) is 2. The minimum Gasteiger partial charge on any atom is -0.330 e. The quantitative estimate of drug-likeness (QED) is 0.784. The first-order chi connectivity index (χ1) is 6.69. The second kappa shape index (κ2) is 5.32. The van der Waals surface area contributed by atoms with E-state index in [0.717, 1.165) is 0 Å². The standard InChI is InChI=1S/C10H13F2NS/c1-14-9-6-8(11)5-7(10(9)12)3-2-4-13/h5-6H,2-4,13H2,1H3. The Balaban J connectivity index is 2.96. The maximum atomic E-state index is 13.5. The number of benzene rings is 1. The molecule has 0 aliphatic heterocycles. The molecule has 0 aliphatic carbocycles. The highest BCUT2D eigenvalue weighted by atomic mass is 32.2. The zero-order chi connectivity index (χ0) is 10.6. The third-order valence-corrected chi connectivity index (χ3v) is 2.69. The van der Waals surface area contributed by atoms with E-state index >= 15 is 0 Å². The van der Waals surface area contributed by atoms with Gasteiger partial charge in [-0.15, -0.1) is 11.8 Å². The first-order valence-corrected chi connectivity index (χ1v) is 5.63. The van der Waals surface area contributed by atoms with E-state index in [4.69, 9.17) is 5.73 Å². The summed E-state index contributed by atoms with van der Waals surface area (Å²) in [4.78, 5) is 0.358. The molecule has 78 valence electrons. The van der Waals surface area contributed by atoms with Crippen LogP contribution in [-0.4, -0.2) is 12.8 Å². The van der Waals surface area contributed by atoms with Crippen LogP contribution < -0.4 is 5.73 Å². The molecule has 0 unspecified atom stereocenters. The smallest absolute Gasteiger partial charge is 0.140 e. The van der Waals surface area contributed by atoms with Crippen LogP contribution in [0.5, 0.6) is 0 Å². The van der Waals surface area contributed by atoms with Gasteiger partial charge in [0, 0.05) is 4.90 Å². The van der Waals surface area contributed by atoms with Gasteiger partial charge in [0.25, 0.3) is 0 Å². The lowest BCUT2D eigenvalue weighted by molar-refractivity contribution is 0.558. The average molecular weight is 217 g/mol. The van der Waals surface area contributed by atoms with Gasteiger partial charge in [0.2, 0.25) is 0 Å². The van der Waals surface area contributed by atoms with Crippen molar-refractivity contribution in [3.63, 3.8) is 0 Å². The summed E-state index contributed by atoms with van der Waals surface area (Å²) in [7, 11) is 0. The Bertz CT molecular complexity index is 315. The monoisotopic (exact) mass is 217 g/mol. The SMILES string of the molecule is CSc1cc(F)cc(CCCN)c1F. The van der Waals surface area contributed by atoms with Crippen molar-refractivity contribution >= 4 is 11.8 Å². The lowest BCUT2D eigenvalue weighted by atomic mass is 10.1. The Morgan fingerprint density at radius 1 is 1.36 bits per heavy atom. The van der Waals surface area contributed by atoms with Crippen molar-refractivity contribution in [1.82, 2.24) is 0 Å². The molecule has 0 heterocycles. The molecule has 0 saturated carbocycles. The molecule has 14 heavy (non-hydrogen) atoms. The molecule has 1 rings (SSSR count). The van der Waals surface area contributed by atoms with Crippen molar-refractivity contribution < 1.29 is 8.78 Å². The minimum atomic E-state index is -0.386. The molecule has 1 nitrogen and oxygen atoms in total. The summed E-state index contributed by atoms with van der Waals surface area (Å²) in [6, 6.07) is 2.46. The highest BCUT2D eigenvalue weighted by molar-refractivity contribution is 7.98. The fourth-order valence-corrected chi connectivity index (χ4v) is 1.78. The second-order valence-electron chi connectivity index (χ2n) is 2.97. The molecule has 0 aromatic heterocycles. The van der Waals surface area contributed by atoms with Crippen molar-refractivity contribution in [3.8, 4) is 0 Å². The van der Waals surface area contributed by atoms with Gasteiger partial charge in [-0.1, -0.05) is 0 Å². The number of aryl methyl sites for hydroxylation is 1. The summed E-state index contributed by atoms with van der Waals surface area (Å²) >= 11 is 1.21. The summed E-state index contributed by atoms with van der Waals surface area (Å²) in [5, 5.41) is 0. The summed E-state index contributed by atoms with van der Waals surface area (Å²) in [6.45, 7) is 0.491. The molecule has 1 aromatic rings. The average Bonchev–Trinajstić information content (AvgIpc) is 2.18. The van der Waals surface area contributed by atoms with Crippen LogP contribution in [0.3, 0.4) is 0 Å². The number of thioether (sulfide) groups is 1. The maximum Gasteiger partial charge on any atom is 0.140 e. The predicted octanol–water partition coefficient (Wildman–Crippen LogP) is 2.58. The van der Waals surface area contributed by atoms with Crippen LogP contribution in [0.25, 0.3) is 0 Å². The molecular weight excluding hydrogens is 204 g/mol. The van der Waals surface area contributed by atoms with Gasteiger partial charge in [0.1, 0.15) is 11.6 Å². The fourth-order valence-electron chi connectivity index (χ4n) is 1.24. The van der Waals surface area contributed by atoms with E-state index < -0.39 is 0 Å². The maximum absolute atomic E-state index is 13.5. The molecule has 0 saturated heterocycles. The lowest BCUT2D eigenvalue weighted by Crippen LogP contribution is -2.02. The topological polar surface area (TPSA) is 26.0 Å². The Labute approximate surface area is 86.7 Å². The number of rotatable bonds is 4. The zero-order valence-electron chi connectivity index (χ0n) is 8.02. The molecule has 0 aliphatic rings. The van der Waals surface area contributed by atoms with E-state index in [0.29, 0.717) is 29.8 Å². The van der Waals surface area contributed by atoms with E-state index in [2.05, 4.69) is 0 Å². The fraction of sp³-hybridized carbons (Fsp3) is 0.400. The number of halogens is 2. The van der Waals surface area contributed by atoms with E-state index in [-0.39, 0.29) is 11.6 Å². The Morgan fingerprint density at radius 3 is 2.64 bits per heavy atom.